The number of hydrogen-bond acceptors (Lipinski definition) is 7. The van der Waals surface area contributed by atoms with E-state index in [9.17, 15) is 42.5 Å². The molecule has 0 spiro atoms. The van der Waals surface area contributed by atoms with E-state index < -0.39 is 51.7 Å². The van der Waals surface area contributed by atoms with Gasteiger partial charge in [0.25, 0.3) is 17.5 Å². The molecule has 0 aliphatic carbocycles. The number of nitrogens with zero attached hydrogens (tertiary/aromatic N) is 2. The first kappa shape index (κ1) is 27.2. The van der Waals surface area contributed by atoms with E-state index in [1.165, 1.54) is 30.3 Å². The largest absolute Gasteiger partial charge is 0.422 e. The maximum Gasteiger partial charge on any atom is 0.416 e. The van der Waals surface area contributed by atoms with E-state index in [0.717, 1.165) is 36.4 Å². The quantitative estimate of drug-likeness (QED) is 0.105. The highest BCUT2D eigenvalue weighted by molar-refractivity contribution is 9.10. The molecule has 10 nitrogen and oxygen atoms in total. The molecular formula is C25H13BrF3N3O7. The molecule has 14 heteroatoms. The molecule has 1 heterocycles. The van der Waals surface area contributed by atoms with E-state index in [-0.39, 0.29) is 22.6 Å². The number of non-ortho nitro benzene ring substituents is 1. The van der Waals surface area contributed by atoms with Crippen molar-refractivity contribution in [2.24, 2.45) is 0 Å². The number of nitro groups is 1. The Morgan fingerprint density at radius 2 is 1.72 bits per heavy atom. The zero-order valence-corrected chi connectivity index (χ0v) is 20.8. The van der Waals surface area contributed by atoms with Crippen LogP contribution in [0.15, 0.2) is 76.8 Å². The molecule has 4 rings (SSSR count). The van der Waals surface area contributed by atoms with Crippen molar-refractivity contribution in [3.63, 3.8) is 0 Å². The number of carbonyl (C=O) groups is 4. The van der Waals surface area contributed by atoms with Crippen LogP contribution in [0.3, 0.4) is 0 Å². The van der Waals surface area contributed by atoms with Crippen molar-refractivity contribution >= 4 is 57.2 Å². The Morgan fingerprint density at radius 1 is 1.03 bits per heavy atom. The van der Waals surface area contributed by atoms with Crippen LogP contribution in [0.1, 0.15) is 21.5 Å². The molecule has 0 aromatic heterocycles. The van der Waals surface area contributed by atoms with Crippen molar-refractivity contribution in [1.82, 2.24) is 5.32 Å². The number of nitro benzene ring substituents is 1. The highest BCUT2D eigenvalue weighted by Gasteiger charge is 2.38. The Labute approximate surface area is 224 Å². The van der Waals surface area contributed by atoms with Gasteiger partial charge in [0, 0.05) is 22.2 Å². The number of hydrogen-bond donors (Lipinski definition) is 1. The minimum Gasteiger partial charge on any atom is -0.422 e. The topological polar surface area (TPSA) is 136 Å². The fourth-order valence-corrected chi connectivity index (χ4v) is 3.85. The average molecular weight is 604 g/mol. The summed E-state index contributed by atoms with van der Waals surface area (Å²) in [5, 5.41) is 12.7. The van der Waals surface area contributed by atoms with E-state index in [2.05, 4.69) is 15.9 Å². The first-order valence-electron chi connectivity index (χ1n) is 10.7. The summed E-state index contributed by atoms with van der Waals surface area (Å²) >= 11 is 3.22. The molecule has 1 fully saturated rings. The number of alkyl halides is 3. The SMILES string of the molecule is O=C1NC(=O)N(c2cccc(C(F)(F)F)c2)C(=O)/C1=C\c1cc(Br)ccc1OC(=O)c1ccc([N+](=O)[O-])cc1. The lowest BCUT2D eigenvalue weighted by molar-refractivity contribution is -0.384. The third-order valence-electron chi connectivity index (χ3n) is 5.32. The second-order valence-corrected chi connectivity index (χ2v) is 8.80. The van der Waals surface area contributed by atoms with Crippen LogP contribution in [0, 0.1) is 10.1 Å². The van der Waals surface area contributed by atoms with Gasteiger partial charge in [-0.15, -0.1) is 0 Å². The number of carbonyl (C=O) groups excluding carboxylic acids is 4. The van der Waals surface area contributed by atoms with Gasteiger partial charge in [0.1, 0.15) is 11.3 Å². The van der Waals surface area contributed by atoms with Crippen molar-refractivity contribution in [3.8, 4) is 5.75 Å². The summed E-state index contributed by atoms with van der Waals surface area (Å²) < 4.78 is 45.3. The van der Waals surface area contributed by atoms with Crippen LogP contribution in [-0.2, 0) is 15.8 Å². The predicted molar refractivity (Wildman–Crippen MR) is 133 cm³/mol. The number of benzene rings is 3. The van der Waals surface area contributed by atoms with E-state index in [1.807, 2.05) is 5.32 Å². The molecule has 1 saturated heterocycles. The van der Waals surface area contributed by atoms with Gasteiger partial charge in [-0.3, -0.25) is 25.0 Å². The lowest BCUT2D eigenvalue weighted by Crippen LogP contribution is -2.54. The van der Waals surface area contributed by atoms with Gasteiger partial charge in [-0.2, -0.15) is 13.2 Å². The van der Waals surface area contributed by atoms with Crippen molar-refractivity contribution in [2.75, 3.05) is 4.90 Å². The van der Waals surface area contributed by atoms with Gasteiger partial charge in [-0.25, -0.2) is 14.5 Å². The molecular weight excluding hydrogens is 591 g/mol. The molecule has 3 aromatic rings. The number of anilines is 1. The van der Waals surface area contributed by atoms with Crippen LogP contribution in [0.25, 0.3) is 6.08 Å². The van der Waals surface area contributed by atoms with Gasteiger partial charge in [-0.05, 0) is 54.6 Å². The smallest absolute Gasteiger partial charge is 0.416 e. The van der Waals surface area contributed by atoms with Crippen molar-refractivity contribution in [1.29, 1.82) is 0 Å². The molecule has 0 bridgehead atoms. The number of imide groups is 2. The summed E-state index contributed by atoms with van der Waals surface area (Å²) in [5.74, 6) is -3.37. The van der Waals surface area contributed by atoms with Gasteiger partial charge in [0.2, 0.25) is 0 Å². The lowest BCUT2D eigenvalue weighted by Gasteiger charge is -2.27. The summed E-state index contributed by atoms with van der Waals surface area (Å²) in [5.41, 5.74) is -2.42. The second-order valence-electron chi connectivity index (χ2n) is 7.88. The average Bonchev–Trinajstić information content (AvgIpc) is 2.87. The van der Waals surface area contributed by atoms with Gasteiger partial charge in [0.05, 0.1) is 21.7 Å². The minimum atomic E-state index is -4.75. The Morgan fingerprint density at radius 3 is 2.36 bits per heavy atom. The van der Waals surface area contributed by atoms with E-state index in [4.69, 9.17) is 4.74 Å². The van der Waals surface area contributed by atoms with Crippen LogP contribution >= 0.6 is 15.9 Å². The highest BCUT2D eigenvalue weighted by Crippen LogP contribution is 2.33. The third-order valence-corrected chi connectivity index (χ3v) is 5.81. The maximum absolute atomic E-state index is 13.2. The summed E-state index contributed by atoms with van der Waals surface area (Å²) in [6.07, 6.45) is -3.74. The van der Waals surface area contributed by atoms with Crippen molar-refractivity contribution in [3.05, 3.63) is 104 Å². The highest BCUT2D eigenvalue weighted by atomic mass is 79.9. The van der Waals surface area contributed by atoms with Crippen LogP contribution < -0.4 is 15.0 Å². The third kappa shape index (κ3) is 5.85. The number of esters is 1. The molecule has 198 valence electrons. The van der Waals surface area contributed by atoms with E-state index in [0.29, 0.717) is 15.4 Å². The fourth-order valence-electron chi connectivity index (χ4n) is 3.47. The number of ether oxygens (including phenoxy) is 1. The molecule has 1 N–H and O–H groups in total. The molecule has 0 unspecified atom stereocenters. The van der Waals surface area contributed by atoms with E-state index >= 15 is 0 Å². The minimum absolute atomic E-state index is 0.0245. The molecule has 1 aliphatic rings. The lowest BCUT2D eigenvalue weighted by atomic mass is 10.1. The molecule has 0 saturated carbocycles. The number of rotatable bonds is 5. The number of barbiturate groups is 1. The monoisotopic (exact) mass is 603 g/mol. The number of halogens is 4. The standard InChI is InChI=1S/C25H13BrF3N3O7/c26-16-6-9-20(39-23(35)13-4-7-17(8-5-13)32(37)38)14(10-16)11-19-21(33)30-24(36)31(22(19)34)18-3-1-2-15(12-18)25(27,28)29/h1-12H,(H,30,33,36)/b19-11-. The van der Waals surface area contributed by atoms with Crippen LogP contribution in [-0.4, -0.2) is 28.7 Å². The van der Waals surface area contributed by atoms with Crippen molar-refractivity contribution in [2.45, 2.75) is 6.18 Å². The summed E-state index contributed by atoms with van der Waals surface area (Å²) in [6, 6.07) is 10.9. The van der Waals surface area contributed by atoms with Gasteiger partial charge in [-0.1, -0.05) is 22.0 Å². The van der Waals surface area contributed by atoms with Gasteiger partial charge >= 0.3 is 18.2 Å². The molecule has 0 radical (unpaired) electrons. The molecule has 0 atom stereocenters. The zero-order valence-electron chi connectivity index (χ0n) is 19.2. The zero-order chi connectivity index (χ0) is 28.5. The number of amides is 4. The molecule has 1 aliphatic heterocycles. The summed E-state index contributed by atoms with van der Waals surface area (Å²) in [6.45, 7) is 0. The summed E-state index contributed by atoms with van der Waals surface area (Å²) in [4.78, 5) is 61.3. The van der Waals surface area contributed by atoms with Crippen molar-refractivity contribution < 1.29 is 42.0 Å². The normalized spacial score (nSPS) is 14.8. The molecule has 39 heavy (non-hydrogen) atoms. The first-order valence-corrected chi connectivity index (χ1v) is 11.5. The fraction of sp³-hybridized carbons (Fsp3) is 0.0400. The van der Waals surface area contributed by atoms with E-state index in [1.54, 1.807) is 0 Å². The Hall–Kier alpha value is -4.85. The van der Waals surface area contributed by atoms with Crippen LogP contribution in [0.2, 0.25) is 0 Å². The molecule has 3 aromatic carbocycles. The Kier molecular flexibility index (Phi) is 7.31. The predicted octanol–water partition coefficient (Wildman–Crippen LogP) is 5.26. The van der Waals surface area contributed by atoms with Crippen LogP contribution in [0.5, 0.6) is 5.75 Å². The van der Waals surface area contributed by atoms with Gasteiger partial charge in [0.15, 0.2) is 0 Å². The van der Waals surface area contributed by atoms with Crippen LogP contribution in [0.4, 0.5) is 29.3 Å². The number of urea groups is 1. The molecule has 4 amide bonds. The number of nitrogens with one attached hydrogen (secondary N) is 1. The maximum atomic E-state index is 13.2. The first-order chi connectivity index (χ1) is 18.3. The Balaban J connectivity index is 1.69. The second kappa shape index (κ2) is 10.5. The summed E-state index contributed by atoms with van der Waals surface area (Å²) in [7, 11) is 0. The Bertz CT molecular complexity index is 1570. The van der Waals surface area contributed by atoms with Gasteiger partial charge < -0.3 is 4.74 Å².